The Hall–Kier alpha value is -0.570. The average molecular weight is 184 g/mol. The van der Waals surface area contributed by atoms with Crippen LogP contribution in [0.25, 0.3) is 0 Å². The van der Waals surface area contributed by atoms with E-state index >= 15 is 0 Å². The van der Waals surface area contributed by atoms with Crippen LogP contribution in [0.3, 0.4) is 0 Å². The Labute approximate surface area is 80.3 Å². The molecule has 13 heavy (non-hydrogen) atoms. The van der Waals surface area contributed by atoms with Gasteiger partial charge in [0.25, 0.3) is 0 Å². The molecule has 2 N–H and O–H groups in total. The van der Waals surface area contributed by atoms with Gasteiger partial charge in [-0.3, -0.25) is 4.79 Å². The Bertz CT molecular complexity index is 195. The van der Waals surface area contributed by atoms with Crippen molar-refractivity contribution in [1.82, 2.24) is 4.90 Å². The second kappa shape index (κ2) is 3.66. The first-order valence-corrected chi connectivity index (χ1v) is 5.03. The lowest BCUT2D eigenvalue weighted by atomic mass is 9.87. The molecule has 1 saturated heterocycles. The highest BCUT2D eigenvalue weighted by atomic mass is 16.2. The molecule has 0 aromatic heterocycles. The van der Waals surface area contributed by atoms with E-state index in [0.29, 0.717) is 12.3 Å². The second-order valence-corrected chi connectivity index (χ2v) is 4.56. The van der Waals surface area contributed by atoms with Gasteiger partial charge in [-0.05, 0) is 12.3 Å². The zero-order valence-corrected chi connectivity index (χ0v) is 8.84. The molecule has 76 valence electrons. The predicted octanol–water partition coefficient (Wildman–Crippen LogP) is 0.982. The van der Waals surface area contributed by atoms with E-state index in [4.69, 9.17) is 5.73 Å². The molecule has 0 atom stereocenters. The lowest BCUT2D eigenvalue weighted by Crippen LogP contribution is -2.68. The number of rotatable bonds is 3. The topological polar surface area (TPSA) is 46.3 Å². The molecule has 3 nitrogen and oxygen atoms in total. The maximum Gasteiger partial charge on any atom is 0.222 e. The highest BCUT2D eigenvalue weighted by Gasteiger charge is 2.39. The highest BCUT2D eigenvalue weighted by Crippen LogP contribution is 2.22. The van der Waals surface area contributed by atoms with Gasteiger partial charge in [0, 0.05) is 19.5 Å². The Kier molecular flexibility index (Phi) is 2.96. The number of hydrogen-bond donors (Lipinski definition) is 1. The van der Waals surface area contributed by atoms with Gasteiger partial charge in [-0.1, -0.05) is 20.8 Å². The molecule has 0 aliphatic carbocycles. The van der Waals surface area contributed by atoms with Gasteiger partial charge in [0.2, 0.25) is 5.91 Å². The van der Waals surface area contributed by atoms with Crippen LogP contribution in [0, 0.1) is 5.92 Å². The van der Waals surface area contributed by atoms with Crippen molar-refractivity contribution in [2.75, 3.05) is 13.1 Å². The lowest BCUT2D eigenvalue weighted by Gasteiger charge is -2.47. The number of amides is 1. The van der Waals surface area contributed by atoms with Crippen LogP contribution in [-0.4, -0.2) is 29.4 Å². The van der Waals surface area contributed by atoms with Crippen LogP contribution in [0.5, 0.6) is 0 Å². The third-order valence-corrected chi connectivity index (χ3v) is 2.65. The summed E-state index contributed by atoms with van der Waals surface area (Å²) in [6, 6.07) is 0. The first-order valence-electron chi connectivity index (χ1n) is 5.03. The van der Waals surface area contributed by atoms with E-state index < -0.39 is 0 Å². The van der Waals surface area contributed by atoms with Crippen LogP contribution < -0.4 is 5.73 Å². The summed E-state index contributed by atoms with van der Waals surface area (Å²) in [6.45, 7) is 7.69. The summed E-state index contributed by atoms with van der Waals surface area (Å²) < 4.78 is 0. The maximum atomic E-state index is 11.5. The van der Waals surface area contributed by atoms with Gasteiger partial charge in [0.15, 0.2) is 0 Å². The fraction of sp³-hybridized carbons (Fsp3) is 0.900. The van der Waals surface area contributed by atoms with E-state index in [0.717, 1.165) is 19.5 Å². The molecule has 1 aliphatic rings. The first-order chi connectivity index (χ1) is 5.97. The van der Waals surface area contributed by atoms with Crippen molar-refractivity contribution in [3.63, 3.8) is 0 Å². The Morgan fingerprint density at radius 3 is 2.46 bits per heavy atom. The number of carbonyl (C=O) groups is 1. The van der Waals surface area contributed by atoms with Crippen LogP contribution in [0.4, 0.5) is 0 Å². The van der Waals surface area contributed by atoms with Crippen LogP contribution in [-0.2, 0) is 4.79 Å². The molecule has 0 unspecified atom stereocenters. The number of carbonyl (C=O) groups excluding carboxylic acids is 1. The molecule has 0 radical (unpaired) electrons. The summed E-state index contributed by atoms with van der Waals surface area (Å²) >= 11 is 0. The first kappa shape index (κ1) is 10.5. The molecule has 0 aromatic carbocycles. The smallest absolute Gasteiger partial charge is 0.222 e. The van der Waals surface area contributed by atoms with Crippen molar-refractivity contribution >= 4 is 5.91 Å². The molecule has 1 aliphatic heterocycles. The van der Waals surface area contributed by atoms with E-state index in [1.165, 1.54) is 0 Å². The molecule has 0 aromatic rings. The average Bonchev–Trinajstić information content (AvgIpc) is 1.97. The molecule has 1 rings (SSSR count). The normalized spacial score (nSPS) is 20.2. The van der Waals surface area contributed by atoms with E-state index in [1.54, 1.807) is 0 Å². The Morgan fingerprint density at radius 1 is 1.54 bits per heavy atom. The van der Waals surface area contributed by atoms with Crippen molar-refractivity contribution in [2.45, 2.75) is 39.2 Å². The van der Waals surface area contributed by atoms with Gasteiger partial charge in [-0.25, -0.2) is 0 Å². The summed E-state index contributed by atoms with van der Waals surface area (Å²) in [4.78, 5) is 13.4. The summed E-state index contributed by atoms with van der Waals surface area (Å²) in [7, 11) is 0. The van der Waals surface area contributed by atoms with Gasteiger partial charge >= 0.3 is 0 Å². The van der Waals surface area contributed by atoms with Gasteiger partial charge < -0.3 is 10.6 Å². The molecular formula is C10H20N2O. The molecule has 1 amide bonds. The molecule has 1 heterocycles. The highest BCUT2D eigenvalue weighted by molar-refractivity contribution is 5.77. The standard InChI is InChI=1S/C10H20N2O/c1-4-10(11)6-12(7-10)9(13)5-8(2)3/h8H,4-7,11H2,1-3H3. The third-order valence-electron chi connectivity index (χ3n) is 2.65. The van der Waals surface area contributed by atoms with Crippen molar-refractivity contribution in [3.8, 4) is 0 Å². The second-order valence-electron chi connectivity index (χ2n) is 4.56. The van der Waals surface area contributed by atoms with E-state index in [9.17, 15) is 4.79 Å². The van der Waals surface area contributed by atoms with Gasteiger partial charge in [-0.2, -0.15) is 0 Å². The summed E-state index contributed by atoms with van der Waals surface area (Å²) in [5.74, 6) is 0.700. The van der Waals surface area contributed by atoms with Crippen molar-refractivity contribution in [2.24, 2.45) is 11.7 Å². The van der Waals surface area contributed by atoms with Crippen molar-refractivity contribution in [3.05, 3.63) is 0 Å². The SMILES string of the molecule is CCC1(N)CN(C(=O)CC(C)C)C1. The molecule has 0 spiro atoms. The number of nitrogens with two attached hydrogens (primary N) is 1. The number of nitrogens with zero attached hydrogens (tertiary/aromatic N) is 1. The van der Waals surface area contributed by atoms with Crippen LogP contribution in [0.15, 0.2) is 0 Å². The molecular weight excluding hydrogens is 164 g/mol. The maximum absolute atomic E-state index is 11.5. The Balaban J connectivity index is 2.31. The predicted molar refractivity (Wildman–Crippen MR) is 53.2 cm³/mol. The summed E-state index contributed by atoms with van der Waals surface area (Å²) in [6.07, 6.45) is 1.61. The lowest BCUT2D eigenvalue weighted by molar-refractivity contribution is -0.139. The molecule has 1 fully saturated rings. The molecule has 0 saturated carbocycles. The third kappa shape index (κ3) is 2.44. The zero-order chi connectivity index (χ0) is 10.1. The van der Waals surface area contributed by atoms with E-state index in [-0.39, 0.29) is 11.4 Å². The number of hydrogen-bond acceptors (Lipinski definition) is 2. The quantitative estimate of drug-likeness (QED) is 0.710. The molecule has 3 heteroatoms. The van der Waals surface area contributed by atoms with Gasteiger partial charge in [0.05, 0.1) is 5.54 Å². The minimum atomic E-state index is -0.0906. The minimum Gasteiger partial charge on any atom is -0.339 e. The monoisotopic (exact) mass is 184 g/mol. The minimum absolute atomic E-state index is 0.0906. The Morgan fingerprint density at radius 2 is 2.08 bits per heavy atom. The fourth-order valence-corrected chi connectivity index (χ4v) is 1.59. The number of likely N-dealkylation sites (tertiary alicyclic amines) is 1. The van der Waals surface area contributed by atoms with Gasteiger partial charge in [-0.15, -0.1) is 0 Å². The van der Waals surface area contributed by atoms with E-state index in [1.807, 2.05) is 4.90 Å². The van der Waals surface area contributed by atoms with E-state index in [2.05, 4.69) is 20.8 Å². The fourth-order valence-electron chi connectivity index (χ4n) is 1.59. The van der Waals surface area contributed by atoms with Crippen LogP contribution in [0.1, 0.15) is 33.6 Å². The van der Waals surface area contributed by atoms with Gasteiger partial charge in [0.1, 0.15) is 0 Å². The van der Waals surface area contributed by atoms with Crippen molar-refractivity contribution < 1.29 is 4.79 Å². The zero-order valence-electron chi connectivity index (χ0n) is 8.84. The summed E-state index contributed by atoms with van der Waals surface area (Å²) in [5, 5.41) is 0. The molecule has 0 bridgehead atoms. The summed E-state index contributed by atoms with van der Waals surface area (Å²) in [5.41, 5.74) is 5.88. The van der Waals surface area contributed by atoms with Crippen molar-refractivity contribution in [1.29, 1.82) is 0 Å². The van der Waals surface area contributed by atoms with Crippen LogP contribution in [0.2, 0.25) is 0 Å². The van der Waals surface area contributed by atoms with Crippen LogP contribution >= 0.6 is 0 Å². The largest absolute Gasteiger partial charge is 0.339 e.